The molecule has 98 valence electrons. The first-order chi connectivity index (χ1) is 8.62. The van der Waals surface area contributed by atoms with Gasteiger partial charge in [0.05, 0.1) is 5.02 Å². The minimum Gasteiger partial charge on any atom is -0.488 e. The first-order valence-corrected chi connectivity index (χ1v) is 7.57. The summed E-state index contributed by atoms with van der Waals surface area (Å²) in [6.45, 7) is 0. The van der Waals surface area contributed by atoms with Crippen LogP contribution in [0.15, 0.2) is 18.2 Å². The van der Waals surface area contributed by atoms with Crippen LogP contribution in [0.4, 0.5) is 0 Å². The maximum absolute atomic E-state index is 6.40. The summed E-state index contributed by atoms with van der Waals surface area (Å²) in [5.74, 6) is 0.723. The minimum absolute atomic E-state index is 0.185. The van der Waals surface area contributed by atoms with E-state index in [1.54, 1.807) is 12.1 Å². The van der Waals surface area contributed by atoms with Crippen molar-refractivity contribution in [3.8, 4) is 5.75 Å². The highest BCUT2D eigenvalue weighted by atomic mass is 35.5. The van der Waals surface area contributed by atoms with E-state index in [1.807, 2.05) is 6.07 Å². The summed E-state index contributed by atoms with van der Waals surface area (Å²) in [6.07, 6.45) is 6.00. The van der Waals surface area contributed by atoms with Gasteiger partial charge in [-0.05, 0) is 31.0 Å². The molecule has 18 heavy (non-hydrogen) atoms. The summed E-state index contributed by atoms with van der Waals surface area (Å²) in [7, 11) is 0. The summed E-state index contributed by atoms with van der Waals surface area (Å²) in [5, 5.41) is 1.47. The van der Waals surface area contributed by atoms with Crippen molar-refractivity contribution in [3.63, 3.8) is 0 Å². The van der Waals surface area contributed by atoms with Gasteiger partial charge in [-0.15, -0.1) is 11.6 Å². The highest BCUT2D eigenvalue weighted by Gasteiger charge is 2.57. The van der Waals surface area contributed by atoms with Gasteiger partial charge >= 0.3 is 0 Å². The van der Waals surface area contributed by atoms with E-state index in [-0.39, 0.29) is 16.9 Å². The van der Waals surface area contributed by atoms with Crippen LogP contribution < -0.4 is 4.74 Å². The monoisotopic (exact) mass is 304 g/mol. The fourth-order valence-corrected chi connectivity index (χ4v) is 4.23. The zero-order valence-electron chi connectivity index (χ0n) is 9.96. The average Bonchev–Trinajstić information content (AvgIpc) is 2.83. The van der Waals surface area contributed by atoms with E-state index in [0.29, 0.717) is 10.0 Å². The highest BCUT2D eigenvalue weighted by Crippen LogP contribution is 2.57. The topological polar surface area (TPSA) is 9.23 Å². The fourth-order valence-electron chi connectivity index (χ4n) is 3.26. The number of ether oxygens (including phenoxy) is 1. The largest absolute Gasteiger partial charge is 0.488 e. The van der Waals surface area contributed by atoms with Gasteiger partial charge in [-0.25, -0.2) is 0 Å². The third kappa shape index (κ3) is 2.01. The molecular formula is C14H15Cl3O. The summed E-state index contributed by atoms with van der Waals surface area (Å²) < 4.78 is 6.07. The van der Waals surface area contributed by atoms with Gasteiger partial charge in [0.1, 0.15) is 11.9 Å². The van der Waals surface area contributed by atoms with E-state index in [2.05, 4.69) is 0 Å². The Morgan fingerprint density at radius 3 is 2.50 bits per heavy atom. The van der Waals surface area contributed by atoms with E-state index in [4.69, 9.17) is 39.5 Å². The van der Waals surface area contributed by atoms with Crippen molar-refractivity contribution in [3.05, 3.63) is 28.2 Å². The molecule has 1 nitrogen and oxygen atoms in total. The second-order valence-electron chi connectivity index (χ2n) is 5.32. The van der Waals surface area contributed by atoms with Crippen LogP contribution in [0.2, 0.25) is 10.0 Å². The lowest BCUT2D eigenvalue weighted by Crippen LogP contribution is -2.55. The van der Waals surface area contributed by atoms with Crippen molar-refractivity contribution >= 4 is 34.8 Å². The third-order valence-electron chi connectivity index (χ3n) is 4.38. The molecule has 1 aromatic carbocycles. The lowest BCUT2D eigenvalue weighted by atomic mass is 9.64. The number of alkyl halides is 1. The molecule has 0 radical (unpaired) electrons. The van der Waals surface area contributed by atoms with Crippen LogP contribution in [0, 0.1) is 5.41 Å². The van der Waals surface area contributed by atoms with Crippen LogP contribution in [-0.4, -0.2) is 11.5 Å². The van der Waals surface area contributed by atoms with E-state index >= 15 is 0 Å². The lowest BCUT2D eigenvalue weighted by Gasteiger charge is -2.51. The van der Waals surface area contributed by atoms with Gasteiger partial charge in [0.25, 0.3) is 0 Å². The second-order valence-corrected chi connectivity index (χ2v) is 6.70. The highest BCUT2D eigenvalue weighted by molar-refractivity contribution is 6.35. The minimum atomic E-state index is 0.185. The Bertz CT molecular complexity index is 454. The maximum atomic E-state index is 6.40. The maximum Gasteiger partial charge on any atom is 0.138 e. The van der Waals surface area contributed by atoms with Gasteiger partial charge in [0, 0.05) is 22.2 Å². The van der Waals surface area contributed by atoms with Crippen LogP contribution >= 0.6 is 34.8 Å². The number of halogens is 3. The van der Waals surface area contributed by atoms with Crippen LogP contribution in [0.1, 0.15) is 32.1 Å². The zero-order chi connectivity index (χ0) is 12.8. The molecular weight excluding hydrogens is 291 g/mol. The van der Waals surface area contributed by atoms with Gasteiger partial charge < -0.3 is 4.74 Å². The van der Waals surface area contributed by atoms with Crippen LogP contribution in [0.25, 0.3) is 0 Å². The zero-order valence-corrected chi connectivity index (χ0v) is 12.2. The van der Waals surface area contributed by atoms with Crippen LogP contribution in [-0.2, 0) is 0 Å². The Labute approximate surface area is 122 Å². The quantitative estimate of drug-likeness (QED) is 0.673. The molecule has 0 heterocycles. The summed E-state index contributed by atoms with van der Waals surface area (Å²) >= 11 is 18.4. The molecule has 2 saturated carbocycles. The van der Waals surface area contributed by atoms with Crippen molar-refractivity contribution in [1.29, 1.82) is 0 Å². The predicted molar refractivity (Wildman–Crippen MR) is 76.0 cm³/mol. The Morgan fingerprint density at radius 2 is 1.89 bits per heavy atom. The first kappa shape index (κ1) is 12.9. The van der Waals surface area contributed by atoms with Crippen molar-refractivity contribution in [1.82, 2.24) is 0 Å². The Morgan fingerprint density at radius 1 is 1.17 bits per heavy atom. The van der Waals surface area contributed by atoms with E-state index in [1.165, 1.54) is 25.7 Å². The van der Waals surface area contributed by atoms with Crippen LogP contribution in [0.3, 0.4) is 0 Å². The van der Waals surface area contributed by atoms with Crippen molar-refractivity contribution in [2.75, 3.05) is 0 Å². The number of benzene rings is 1. The fraction of sp³-hybridized carbons (Fsp3) is 0.571. The predicted octanol–water partition coefficient (Wildman–Crippen LogP) is 5.31. The molecule has 0 saturated heterocycles. The molecule has 0 bridgehead atoms. The van der Waals surface area contributed by atoms with E-state index < -0.39 is 0 Å². The molecule has 2 aliphatic carbocycles. The molecule has 1 spiro atoms. The van der Waals surface area contributed by atoms with Gasteiger partial charge in [0.2, 0.25) is 0 Å². The first-order valence-electron chi connectivity index (χ1n) is 6.37. The molecule has 2 aliphatic rings. The van der Waals surface area contributed by atoms with Gasteiger partial charge in [0.15, 0.2) is 0 Å². The van der Waals surface area contributed by atoms with E-state index in [9.17, 15) is 0 Å². The summed E-state index contributed by atoms with van der Waals surface area (Å²) in [6, 6.07) is 5.37. The average molecular weight is 306 g/mol. The van der Waals surface area contributed by atoms with Crippen LogP contribution in [0.5, 0.6) is 5.75 Å². The molecule has 4 heteroatoms. The molecule has 1 aromatic rings. The third-order valence-corrected chi connectivity index (χ3v) is 5.53. The van der Waals surface area contributed by atoms with Gasteiger partial charge in [-0.3, -0.25) is 0 Å². The second kappa shape index (κ2) is 4.77. The molecule has 0 amide bonds. The molecule has 0 aromatic heterocycles. The normalized spacial score (nSPS) is 29.3. The number of rotatable bonds is 2. The molecule has 2 atom stereocenters. The Hall–Kier alpha value is -0.110. The Kier molecular flexibility index (Phi) is 3.42. The Balaban J connectivity index is 1.77. The van der Waals surface area contributed by atoms with Crippen molar-refractivity contribution in [2.24, 2.45) is 5.41 Å². The molecule has 2 fully saturated rings. The standard InChI is InChI=1S/C14H15Cl3O/c15-9-3-4-11(10(16)7-9)18-13-8-12(17)14(13)5-1-2-6-14/h3-4,7,12-13H,1-2,5-6,8H2. The van der Waals surface area contributed by atoms with Crippen molar-refractivity contribution < 1.29 is 4.74 Å². The SMILES string of the molecule is Clc1ccc(OC2CC(Cl)C23CCCC3)c(Cl)c1. The van der Waals surface area contributed by atoms with Crippen molar-refractivity contribution in [2.45, 2.75) is 43.6 Å². The molecule has 0 N–H and O–H groups in total. The molecule has 2 unspecified atom stereocenters. The lowest BCUT2D eigenvalue weighted by molar-refractivity contribution is -0.0354. The van der Waals surface area contributed by atoms with E-state index in [0.717, 1.165) is 12.2 Å². The molecule has 3 rings (SSSR count). The number of hydrogen-bond donors (Lipinski definition) is 0. The summed E-state index contributed by atoms with van der Waals surface area (Å²) in [4.78, 5) is 0. The summed E-state index contributed by atoms with van der Waals surface area (Å²) in [5.41, 5.74) is 0.185. The van der Waals surface area contributed by atoms with Gasteiger partial charge in [-0.1, -0.05) is 36.0 Å². The number of hydrogen-bond acceptors (Lipinski definition) is 1. The molecule has 0 aliphatic heterocycles. The van der Waals surface area contributed by atoms with Gasteiger partial charge in [-0.2, -0.15) is 0 Å². The smallest absolute Gasteiger partial charge is 0.138 e.